The van der Waals surface area contributed by atoms with E-state index in [9.17, 15) is 4.79 Å². The number of methoxy groups -OCH3 is 1. The number of carbonyl (C=O) groups excluding carboxylic acids is 1. The molecule has 2 N–H and O–H groups in total. The predicted octanol–water partition coefficient (Wildman–Crippen LogP) is 4.61. The van der Waals surface area contributed by atoms with Gasteiger partial charge in [-0.3, -0.25) is 4.79 Å². The minimum atomic E-state index is -0.227. The van der Waals surface area contributed by atoms with E-state index in [4.69, 9.17) is 16.3 Å². The Labute approximate surface area is 157 Å². The third-order valence-corrected chi connectivity index (χ3v) is 3.99. The highest BCUT2D eigenvalue weighted by Crippen LogP contribution is 2.19. The van der Waals surface area contributed by atoms with Gasteiger partial charge in [-0.1, -0.05) is 35.9 Å². The second-order valence-corrected chi connectivity index (χ2v) is 6.00. The molecular weight excluding hydrogens is 350 g/mol. The predicted molar refractivity (Wildman–Crippen MR) is 104 cm³/mol. The zero-order valence-electron chi connectivity index (χ0n) is 14.2. The first-order valence-electron chi connectivity index (χ1n) is 8.04. The molecule has 0 aliphatic heterocycles. The zero-order valence-corrected chi connectivity index (χ0v) is 15.0. The molecule has 2 aromatic carbocycles. The molecule has 3 aromatic rings. The molecule has 132 valence electrons. The normalized spacial score (nSPS) is 10.2. The van der Waals surface area contributed by atoms with Crippen LogP contribution in [0.5, 0.6) is 5.75 Å². The molecule has 0 saturated heterocycles. The number of rotatable bonds is 6. The fourth-order valence-electron chi connectivity index (χ4n) is 2.47. The molecule has 0 saturated carbocycles. The third kappa shape index (κ3) is 4.52. The maximum atomic E-state index is 12.4. The van der Waals surface area contributed by atoms with Crippen molar-refractivity contribution in [1.82, 2.24) is 4.98 Å². The van der Waals surface area contributed by atoms with Crippen molar-refractivity contribution in [3.8, 4) is 5.75 Å². The fourth-order valence-corrected chi connectivity index (χ4v) is 2.66. The number of amides is 1. The highest BCUT2D eigenvalue weighted by molar-refractivity contribution is 6.30. The number of benzene rings is 2. The monoisotopic (exact) mass is 367 g/mol. The van der Waals surface area contributed by atoms with E-state index < -0.39 is 0 Å². The smallest absolute Gasteiger partial charge is 0.255 e. The number of nitrogens with zero attached hydrogens (tertiary/aromatic N) is 1. The number of nitrogens with one attached hydrogen (secondary N) is 2. The van der Waals surface area contributed by atoms with Crippen LogP contribution in [0.3, 0.4) is 0 Å². The molecule has 1 amide bonds. The van der Waals surface area contributed by atoms with Crippen LogP contribution >= 0.6 is 11.6 Å². The molecule has 0 fully saturated rings. The summed E-state index contributed by atoms with van der Waals surface area (Å²) in [6.07, 6.45) is 1.59. The molecule has 0 atom stereocenters. The van der Waals surface area contributed by atoms with Crippen molar-refractivity contribution < 1.29 is 9.53 Å². The molecule has 0 unspecified atom stereocenters. The Morgan fingerprint density at radius 1 is 1.12 bits per heavy atom. The van der Waals surface area contributed by atoms with Crippen molar-refractivity contribution in [3.05, 3.63) is 83.0 Å². The molecular formula is C20H18ClN3O2. The number of hydrogen-bond acceptors (Lipinski definition) is 4. The fraction of sp³-hybridized carbons (Fsp3) is 0.100. The summed E-state index contributed by atoms with van der Waals surface area (Å²) < 4.78 is 5.34. The van der Waals surface area contributed by atoms with Gasteiger partial charge in [-0.25, -0.2) is 4.98 Å². The van der Waals surface area contributed by atoms with E-state index in [1.54, 1.807) is 49.7 Å². The molecule has 1 aromatic heterocycles. The number of pyridine rings is 1. The summed E-state index contributed by atoms with van der Waals surface area (Å²) in [7, 11) is 1.64. The van der Waals surface area contributed by atoms with Crippen LogP contribution in [0, 0.1) is 0 Å². The molecule has 0 radical (unpaired) electrons. The highest BCUT2D eigenvalue weighted by atomic mass is 35.5. The van der Waals surface area contributed by atoms with Gasteiger partial charge >= 0.3 is 0 Å². The van der Waals surface area contributed by atoms with Crippen LogP contribution in [0.15, 0.2) is 66.9 Å². The van der Waals surface area contributed by atoms with E-state index in [1.165, 1.54) is 0 Å². The quantitative estimate of drug-likeness (QED) is 0.668. The van der Waals surface area contributed by atoms with Gasteiger partial charge in [0.2, 0.25) is 0 Å². The van der Waals surface area contributed by atoms with Crippen LogP contribution < -0.4 is 15.4 Å². The lowest BCUT2D eigenvalue weighted by Crippen LogP contribution is -2.12. The minimum absolute atomic E-state index is 0.227. The summed E-state index contributed by atoms with van der Waals surface area (Å²) in [5.74, 6) is 1.18. The van der Waals surface area contributed by atoms with E-state index >= 15 is 0 Å². The first-order valence-corrected chi connectivity index (χ1v) is 8.42. The number of carbonyl (C=O) groups is 1. The van der Waals surface area contributed by atoms with Crippen LogP contribution in [-0.2, 0) is 6.54 Å². The lowest BCUT2D eigenvalue weighted by Gasteiger charge is -2.11. The van der Waals surface area contributed by atoms with Crippen LogP contribution in [-0.4, -0.2) is 18.0 Å². The number of anilines is 2. The summed E-state index contributed by atoms with van der Waals surface area (Å²) in [6, 6.07) is 18.1. The maximum absolute atomic E-state index is 12.4. The van der Waals surface area contributed by atoms with E-state index in [1.807, 2.05) is 24.3 Å². The van der Waals surface area contributed by atoms with E-state index in [2.05, 4.69) is 15.6 Å². The third-order valence-electron chi connectivity index (χ3n) is 3.76. The van der Waals surface area contributed by atoms with Crippen molar-refractivity contribution in [2.75, 3.05) is 17.7 Å². The SMILES string of the molecule is COc1ccccc1CNc1cc(C(=O)Nc2cccc(Cl)c2)ccn1. The molecule has 6 heteroatoms. The Morgan fingerprint density at radius 2 is 1.96 bits per heavy atom. The summed E-state index contributed by atoms with van der Waals surface area (Å²) in [4.78, 5) is 16.7. The van der Waals surface area contributed by atoms with Gasteiger partial charge in [0.15, 0.2) is 0 Å². The van der Waals surface area contributed by atoms with Crippen molar-refractivity contribution >= 4 is 29.0 Å². The summed E-state index contributed by atoms with van der Waals surface area (Å²) in [5, 5.41) is 6.60. The average Bonchev–Trinajstić information content (AvgIpc) is 2.67. The number of aromatic nitrogens is 1. The number of ether oxygens (including phenoxy) is 1. The molecule has 5 nitrogen and oxygen atoms in total. The molecule has 0 aliphatic rings. The number of para-hydroxylation sites is 1. The van der Waals surface area contributed by atoms with Gasteiger partial charge in [0, 0.05) is 34.6 Å². The molecule has 0 aliphatic carbocycles. The molecule has 0 bridgehead atoms. The van der Waals surface area contributed by atoms with Crippen LogP contribution in [0.25, 0.3) is 0 Å². The molecule has 1 heterocycles. The van der Waals surface area contributed by atoms with Crippen molar-refractivity contribution in [1.29, 1.82) is 0 Å². The Hall–Kier alpha value is -3.05. The van der Waals surface area contributed by atoms with Gasteiger partial charge in [0.1, 0.15) is 11.6 Å². The topological polar surface area (TPSA) is 63.2 Å². The minimum Gasteiger partial charge on any atom is -0.496 e. The Bertz CT molecular complexity index is 915. The van der Waals surface area contributed by atoms with Crippen molar-refractivity contribution in [2.24, 2.45) is 0 Å². The van der Waals surface area contributed by atoms with Crippen LogP contribution in [0.2, 0.25) is 5.02 Å². The Morgan fingerprint density at radius 3 is 2.77 bits per heavy atom. The van der Waals surface area contributed by atoms with Crippen molar-refractivity contribution in [3.63, 3.8) is 0 Å². The molecule has 0 spiro atoms. The molecule has 26 heavy (non-hydrogen) atoms. The van der Waals surface area contributed by atoms with Gasteiger partial charge < -0.3 is 15.4 Å². The highest BCUT2D eigenvalue weighted by Gasteiger charge is 2.08. The second-order valence-electron chi connectivity index (χ2n) is 5.56. The lowest BCUT2D eigenvalue weighted by atomic mass is 10.2. The average molecular weight is 368 g/mol. The summed E-state index contributed by atoms with van der Waals surface area (Å²) in [6.45, 7) is 0.538. The second kappa shape index (κ2) is 8.36. The maximum Gasteiger partial charge on any atom is 0.255 e. The van der Waals surface area contributed by atoms with Gasteiger partial charge in [-0.2, -0.15) is 0 Å². The van der Waals surface area contributed by atoms with E-state index in [-0.39, 0.29) is 5.91 Å². The van der Waals surface area contributed by atoms with E-state index in [0.29, 0.717) is 28.6 Å². The number of halogens is 1. The van der Waals surface area contributed by atoms with Crippen LogP contribution in [0.1, 0.15) is 15.9 Å². The largest absolute Gasteiger partial charge is 0.496 e. The molecule has 3 rings (SSSR count). The lowest BCUT2D eigenvalue weighted by molar-refractivity contribution is 0.102. The number of hydrogen-bond donors (Lipinski definition) is 2. The Kier molecular flexibility index (Phi) is 5.71. The van der Waals surface area contributed by atoms with Crippen molar-refractivity contribution in [2.45, 2.75) is 6.54 Å². The standard InChI is InChI=1S/C20H18ClN3O2/c1-26-18-8-3-2-5-15(18)13-23-19-11-14(9-10-22-19)20(25)24-17-7-4-6-16(21)12-17/h2-12H,13H2,1H3,(H,22,23)(H,24,25). The first kappa shape index (κ1) is 17.8. The van der Waals surface area contributed by atoms with E-state index in [0.717, 1.165) is 11.3 Å². The van der Waals surface area contributed by atoms with Crippen LogP contribution in [0.4, 0.5) is 11.5 Å². The Balaban J connectivity index is 1.68. The first-order chi connectivity index (χ1) is 12.7. The summed E-state index contributed by atoms with van der Waals surface area (Å²) >= 11 is 5.94. The van der Waals surface area contributed by atoms with Gasteiger partial charge in [-0.15, -0.1) is 0 Å². The van der Waals surface area contributed by atoms with Gasteiger partial charge in [0.25, 0.3) is 5.91 Å². The zero-order chi connectivity index (χ0) is 18.4. The summed E-state index contributed by atoms with van der Waals surface area (Å²) in [5.41, 5.74) is 2.15. The van der Waals surface area contributed by atoms with Gasteiger partial charge in [-0.05, 0) is 36.4 Å². The van der Waals surface area contributed by atoms with Gasteiger partial charge in [0.05, 0.1) is 7.11 Å².